The van der Waals surface area contributed by atoms with Gasteiger partial charge in [0.2, 0.25) is 0 Å². The van der Waals surface area contributed by atoms with E-state index in [1.807, 2.05) is 0 Å². The maximum atomic E-state index is 12.3. The molecule has 1 N–H and O–H groups in total. The van der Waals surface area contributed by atoms with Gasteiger partial charge < -0.3 is 10.1 Å². The highest BCUT2D eigenvalue weighted by atomic mass is 32.2. The number of nitrogens with one attached hydrogen (secondary N) is 1. The minimum atomic E-state index is -3.08. The maximum absolute atomic E-state index is 12.3. The molecule has 1 aliphatic heterocycles. The molecule has 0 saturated carbocycles. The monoisotopic (exact) mass is 321 g/mol. The highest BCUT2D eigenvalue weighted by Gasteiger charge is 2.26. The van der Waals surface area contributed by atoms with Crippen LogP contribution in [0.15, 0.2) is 30.7 Å². The molecule has 2 aromatic rings. The third kappa shape index (κ3) is 3.23. The third-order valence-electron chi connectivity index (χ3n) is 3.47. The Morgan fingerprint density at radius 2 is 2.23 bits per heavy atom. The zero-order valence-electron chi connectivity index (χ0n) is 11.7. The Balaban J connectivity index is 1.71. The van der Waals surface area contributed by atoms with Crippen molar-refractivity contribution in [1.82, 2.24) is 15.3 Å². The Labute approximate surface area is 127 Å². The van der Waals surface area contributed by atoms with E-state index in [1.54, 1.807) is 30.7 Å². The van der Waals surface area contributed by atoms with Gasteiger partial charge in [-0.1, -0.05) is 0 Å². The van der Waals surface area contributed by atoms with Crippen molar-refractivity contribution in [3.05, 3.63) is 36.3 Å². The summed E-state index contributed by atoms with van der Waals surface area (Å²) >= 11 is 0. The number of ether oxygens (including phenoxy) is 1. The first kappa shape index (κ1) is 14.9. The Kier molecular flexibility index (Phi) is 4.04. The summed E-state index contributed by atoms with van der Waals surface area (Å²) in [6.07, 6.45) is 4.24. The molecule has 8 heteroatoms. The molecule has 22 heavy (non-hydrogen) atoms. The summed E-state index contributed by atoms with van der Waals surface area (Å²) in [4.78, 5) is 20.5. The van der Waals surface area contributed by atoms with Crippen molar-refractivity contribution >= 4 is 26.6 Å². The standard InChI is InChI=1S/C14H15N3O4S/c18-14(17-7-10-9-22(19,20)6-5-21-10)11-1-4-16-13-2-3-15-8-12(11)13/h1-4,8,10H,5-7,9H2,(H,17,18). The van der Waals surface area contributed by atoms with Crippen molar-refractivity contribution in [2.24, 2.45) is 0 Å². The number of aromatic nitrogens is 2. The van der Waals surface area contributed by atoms with Crippen LogP contribution in [0.25, 0.3) is 10.9 Å². The lowest BCUT2D eigenvalue weighted by Gasteiger charge is -2.23. The fourth-order valence-corrected chi connectivity index (χ4v) is 3.66. The molecule has 2 aromatic heterocycles. The second-order valence-electron chi connectivity index (χ2n) is 5.07. The Morgan fingerprint density at radius 3 is 3.05 bits per heavy atom. The first-order valence-electron chi connectivity index (χ1n) is 6.84. The second kappa shape index (κ2) is 5.98. The zero-order chi connectivity index (χ0) is 15.6. The van der Waals surface area contributed by atoms with Crippen LogP contribution in [0.4, 0.5) is 0 Å². The van der Waals surface area contributed by atoms with Crippen molar-refractivity contribution in [3.63, 3.8) is 0 Å². The number of nitrogens with zero attached hydrogens (tertiary/aromatic N) is 2. The van der Waals surface area contributed by atoms with E-state index in [0.29, 0.717) is 16.5 Å². The predicted octanol–water partition coefficient (Wildman–Crippen LogP) is 0.173. The van der Waals surface area contributed by atoms with E-state index in [4.69, 9.17) is 4.74 Å². The zero-order valence-corrected chi connectivity index (χ0v) is 12.5. The van der Waals surface area contributed by atoms with E-state index in [2.05, 4.69) is 15.3 Å². The average molecular weight is 321 g/mol. The number of carbonyl (C=O) groups excluding carboxylic acids is 1. The van der Waals surface area contributed by atoms with Gasteiger partial charge in [-0.05, 0) is 12.1 Å². The van der Waals surface area contributed by atoms with Gasteiger partial charge in [0.15, 0.2) is 9.84 Å². The molecule has 1 atom stereocenters. The minimum absolute atomic E-state index is 0.0398. The SMILES string of the molecule is O=C(NCC1CS(=O)(=O)CCO1)c1ccnc2ccncc12. The molecule has 1 unspecified atom stereocenters. The Bertz CT molecular complexity index is 801. The molecule has 116 valence electrons. The first-order valence-corrected chi connectivity index (χ1v) is 8.66. The fraction of sp³-hybridized carbons (Fsp3) is 0.357. The molecule has 0 radical (unpaired) electrons. The lowest BCUT2D eigenvalue weighted by Crippen LogP contribution is -2.42. The summed E-state index contributed by atoms with van der Waals surface area (Å²) in [5.41, 5.74) is 1.14. The summed E-state index contributed by atoms with van der Waals surface area (Å²) in [6.45, 7) is 0.327. The molecule has 0 bridgehead atoms. The van der Waals surface area contributed by atoms with Gasteiger partial charge in [-0.25, -0.2) is 8.42 Å². The van der Waals surface area contributed by atoms with Gasteiger partial charge in [-0.15, -0.1) is 0 Å². The van der Waals surface area contributed by atoms with Gasteiger partial charge >= 0.3 is 0 Å². The number of hydrogen-bond donors (Lipinski definition) is 1. The number of sulfone groups is 1. The molecular weight excluding hydrogens is 306 g/mol. The number of hydrogen-bond acceptors (Lipinski definition) is 6. The minimum Gasteiger partial charge on any atom is -0.374 e. The topological polar surface area (TPSA) is 98.2 Å². The van der Waals surface area contributed by atoms with E-state index in [-0.39, 0.29) is 30.6 Å². The largest absolute Gasteiger partial charge is 0.374 e. The molecule has 1 saturated heterocycles. The summed E-state index contributed by atoms with van der Waals surface area (Å²) in [5.74, 6) is -0.323. The quantitative estimate of drug-likeness (QED) is 0.865. The van der Waals surface area contributed by atoms with Crippen molar-refractivity contribution < 1.29 is 17.9 Å². The lowest BCUT2D eigenvalue weighted by molar-refractivity contribution is 0.0662. The molecule has 0 aromatic carbocycles. The highest BCUT2D eigenvalue weighted by molar-refractivity contribution is 7.91. The van der Waals surface area contributed by atoms with E-state index in [1.165, 1.54) is 0 Å². The molecule has 3 heterocycles. The van der Waals surface area contributed by atoms with E-state index >= 15 is 0 Å². The van der Waals surface area contributed by atoms with E-state index in [9.17, 15) is 13.2 Å². The first-order chi connectivity index (χ1) is 10.6. The molecule has 3 rings (SSSR count). The number of pyridine rings is 2. The van der Waals surface area contributed by atoms with Gasteiger partial charge in [0, 0.05) is 30.5 Å². The van der Waals surface area contributed by atoms with Crippen LogP contribution in [0.5, 0.6) is 0 Å². The fourth-order valence-electron chi connectivity index (χ4n) is 2.36. The van der Waals surface area contributed by atoms with Crippen LogP contribution in [0.3, 0.4) is 0 Å². The van der Waals surface area contributed by atoms with Crippen molar-refractivity contribution in [2.45, 2.75) is 6.10 Å². The van der Waals surface area contributed by atoms with Crippen molar-refractivity contribution in [3.8, 4) is 0 Å². The predicted molar refractivity (Wildman–Crippen MR) is 80.3 cm³/mol. The molecular formula is C14H15N3O4S. The third-order valence-corrected chi connectivity index (χ3v) is 5.13. The van der Waals surface area contributed by atoms with Crippen LogP contribution in [0.1, 0.15) is 10.4 Å². The summed E-state index contributed by atoms with van der Waals surface area (Å²) in [6, 6.07) is 3.33. The van der Waals surface area contributed by atoms with Gasteiger partial charge in [-0.3, -0.25) is 14.8 Å². The maximum Gasteiger partial charge on any atom is 0.252 e. The highest BCUT2D eigenvalue weighted by Crippen LogP contribution is 2.15. The summed E-state index contributed by atoms with van der Waals surface area (Å²) < 4.78 is 28.5. The van der Waals surface area contributed by atoms with Crippen LogP contribution in [-0.4, -0.2) is 55.1 Å². The second-order valence-corrected chi connectivity index (χ2v) is 7.30. The van der Waals surface area contributed by atoms with Gasteiger partial charge in [0.1, 0.15) is 0 Å². The Hall–Kier alpha value is -2.06. The van der Waals surface area contributed by atoms with Crippen LogP contribution in [0.2, 0.25) is 0 Å². The average Bonchev–Trinajstić information content (AvgIpc) is 2.51. The molecule has 1 aliphatic rings. The number of carbonyl (C=O) groups is 1. The normalized spacial score (nSPS) is 20.6. The van der Waals surface area contributed by atoms with Crippen LogP contribution in [-0.2, 0) is 14.6 Å². The molecule has 1 amide bonds. The summed E-state index contributed by atoms with van der Waals surface area (Å²) in [5, 5.41) is 3.37. The van der Waals surface area contributed by atoms with Gasteiger partial charge in [0.25, 0.3) is 5.91 Å². The summed E-state index contributed by atoms with van der Waals surface area (Å²) in [7, 11) is -3.08. The Morgan fingerprint density at radius 1 is 1.36 bits per heavy atom. The molecule has 0 aliphatic carbocycles. The van der Waals surface area contributed by atoms with Gasteiger partial charge in [-0.2, -0.15) is 0 Å². The smallest absolute Gasteiger partial charge is 0.252 e. The lowest BCUT2D eigenvalue weighted by atomic mass is 10.1. The number of amides is 1. The van der Waals surface area contributed by atoms with Crippen LogP contribution >= 0.6 is 0 Å². The van der Waals surface area contributed by atoms with Gasteiger partial charge in [0.05, 0.1) is 35.3 Å². The van der Waals surface area contributed by atoms with E-state index < -0.39 is 15.9 Å². The van der Waals surface area contributed by atoms with Crippen LogP contribution in [0, 0.1) is 0 Å². The molecule has 1 fully saturated rings. The van der Waals surface area contributed by atoms with Crippen molar-refractivity contribution in [1.29, 1.82) is 0 Å². The molecule has 7 nitrogen and oxygen atoms in total. The van der Waals surface area contributed by atoms with Crippen molar-refractivity contribution in [2.75, 3.05) is 24.7 Å². The number of rotatable bonds is 3. The molecule has 0 spiro atoms. The number of fused-ring (bicyclic) bond motifs is 1. The van der Waals surface area contributed by atoms with E-state index in [0.717, 1.165) is 0 Å². The van der Waals surface area contributed by atoms with Crippen LogP contribution < -0.4 is 5.32 Å².